The standard InChI is InChI=1S/C15H18BrN3O2.C11H8BrN3O2/c1-14(2,3)15(20,12-6-5-10(16)7-18-12)11-8-17-9-19-13(11)21-4;1-17-11-8(5-13-6-15-11)10(16)9-3-2-7(12)4-14-9/h5-9,20H,1-4H3;2-6H,1H3. The Hall–Kier alpha value is -3.35. The zero-order chi connectivity index (χ0) is 27.9. The molecule has 198 valence electrons. The van der Waals surface area contributed by atoms with Gasteiger partial charge in [0.2, 0.25) is 17.5 Å². The zero-order valence-electron chi connectivity index (χ0n) is 21.4. The molecule has 0 spiro atoms. The summed E-state index contributed by atoms with van der Waals surface area (Å²) in [5.74, 6) is 0.316. The topological polar surface area (TPSA) is 133 Å². The van der Waals surface area contributed by atoms with Crippen molar-refractivity contribution in [3.05, 3.63) is 93.2 Å². The maximum absolute atomic E-state index is 12.1. The molecule has 0 radical (unpaired) electrons. The number of methoxy groups -OCH3 is 2. The van der Waals surface area contributed by atoms with Crippen molar-refractivity contribution >= 4 is 37.6 Å². The lowest BCUT2D eigenvalue weighted by Crippen LogP contribution is -2.42. The van der Waals surface area contributed by atoms with E-state index in [0.29, 0.717) is 28.4 Å². The molecule has 4 rings (SSSR count). The van der Waals surface area contributed by atoms with Gasteiger partial charge in [0.1, 0.15) is 29.5 Å². The number of aliphatic hydroxyl groups is 1. The molecule has 0 bridgehead atoms. The molecule has 38 heavy (non-hydrogen) atoms. The summed E-state index contributed by atoms with van der Waals surface area (Å²) in [5, 5.41) is 11.5. The summed E-state index contributed by atoms with van der Waals surface area (Å²) in [6.45, 7) is 5.80. The number of pyridine rings is 2. The average Bonchev–Trinajstić information content (AvgIpc) is 2.92. The predicted molar refractivity (Wildman–Crippen MR) is 147 cm³/mol. The summed E-state index contributed by atoms with van der Waals surface area (Å²) in [5.41, 5.74) is -0.279. The van der Waals surface area contributed by atoms with E-state index in [1.807, 2.05) is 26.8 Å². The van der Waals surface area contributed by atoms with Crippen LogP contribution in [-0.4, -0.2) is 55.0 Å². The van der Waals surface area contributed by atoms with E-state index in [1.165, 1.54) is 33.1 Å². The number of nitrogens with zero attached hydrogens (tertiary/aromatic N) is 6. The number of halogens is 2. The number of aromatic nitrogens is 6. The molecular weight excluding hydrogens is 620 g/mol. The maximum Gasteiger partial charge on any atom is 0.227 e. The quantitative estimate of drug-likeness (QED) is 0.292. The minimum atomic E-state index is -1.37. The molecule has 0 aliphatic heterocycles. The zero-order valence-corrected chi connectivity index (χ0v) is 24.6. The second kappa shape index (κ2) is 12.5. The van der Waals surface area contributed by atoms with Crippen molar-refractivity contribution < 1.29 is 19.4 Å². The van der Waals surface area contributed by atoms with Gasteiger partial charge in [0.05, 0.1) is 25.5 Å². The molecule has 0 amide bonds. The van der Waals surface area contributed by atoms with Crippen LogP contribution in [0.5, 0.6) is 11.8 Å². The number of hydrogen-bond donors (Lipinski definition) is 1. The predicted octanol–water partition coefficient (Wildman–Crippen LogP) is 4.80. The molecule has 4 heterocycles. The van der Waals surface area contributed by atoms with Crippen LogP contribution in [0.3, 0.4) is 0 Å². The summed E-state index contributed by atoms with van der Waals surface area (Å²) < 4.78 is 11.9. The van der Waals surface area contributed by atoms with Gasteiger partial charge in [0.25, 0.3) is 0 Å². The number of carbonyl (C=O) groups is 1. The Morgan fingerprint density at radius 2 is 1.37 bits per heavy atom. The molecule has 1 unspecified atom stereocenters. The van der Waals surface area contributed by atoms with Crippen LogP contribution >= 0.6 is 31.9 Å². The Balaban J connectivity index is 0.000000215. The van der Waals surface area contributed by atoms with E-state index < -0.39 is 11.0 Å². The van der Waals surface area contributed by atoms with Gasteiger partial charge in [-0.2, -0.15) is 0 Å². The van der Waals surface area contributed by atoms with Crippen LogP contribution in [0.1, 0.15) is 48.1 Å². The first-order valence-corrected chi connectivity index (χ1v) is 12.8. The van der Waals surface area contributed by atoms with Crippen molar-refractivity contribution in [1.82, 2.24) is 29.9 Å². The van der Waals surface area contributed by atoms with E-state index in [-0.39, 0.29) is 11.7 Å². The molecule has 0 aromatic carbocycles. The summed E-state index contributed by atoms with van der Waals surface area (Å²) in [6, 6.07) is 6.99. The Labute approximate surface area is 237 Å². The summed E-state index contributed by atoms with van der Waals surface area (Å²) in [4.78, 5) is 36.3. The highest BCUT2D eigenvalue weighted by atomic mass is 79.9. The number of ether oxygens (including phenoxy) is 2. The molecule has 4 aromatic rings. The monoisotopic (exact) mass is 644 g/mol. The lowest BCUT2D eigenvalue weighted by Gasteiger charge is -2.40. The van der Waals surface area contributed by atoms with Crippen LogP contribution in [0.25, 0.3) is 0 Å². The average molecular weight is 646 g/mol. The maximum atomic E-state index is 12.1. The summed E-state index contributed by atoms with van der Waals surface area (Å²) in [7, 11) is 2.97. The van der Waals surface area contributed by atoms with Gasteiger partial charge in [0, 0.05) is 39.1 Å². The summed E-state index contributed by atoms with van der Waals surface area (Å²) >= 11 is 6.61. The van der Waals surface area contributed by atoms with Crippen LogP contribution in [0.2, 0.25) is 0 Å². The van der Waals surface area contributed by atoms with Gasteiger partial charge in [-0.3, -0.25) is 14.8 Å². The van der Waals surface area contributed by atoms with Crippen molar-refractivity contribution in [3.8, 4) is 11.8 Å². The first-order chi connectivity index (χ1) is 18.0. The SMILES string of the molecule is COc1ncncc1C(=O)c1ccc(Br)cn1.COc1ncncc1C(O)(c1ccc(Br)cn1)C(C)(C)C. The molecule has 10 nitrogen and oxygen atoms in total. The van der Waals surface area contributed by atoms with E-state index in [0.717, 1.165) is 8.95 Å². The van der Waals surface area contributed by atoms with Gasteiger partial charge >= 0.3 is 0 Å². The van der Waals surface area contributed by atoms with E-state index in [4.69, 9.17) is 9.47 Å². The van der Waals surface area contributed by atoms with Crippen molar-refractivity contribution in [2.75, 3.05) is 14.2 Å². The molecule has 0 saturated heterocycles. The van der Waals surface area contributed by atoms with Gasteiger partial charge in [-0.1, -0.05) is 20.8 Å². The molecule has 4 aromatic heterocycles. The van der Waals surface area contributed by atoms with E-state index in [2.05, 4.69) is 61.8 Å². The second-order valence-electron chi connectivity index (χ2n) is 8.90. The van der Waals surface area contributed by atoms with E-state index in [9.17, 15) is 9.90 Å². The molecular formula is C26H26Br2N6O4. The minimum absolute atomic E-state index is 0.245. The smallest absolute Gasteiger partial charge is 0.227 e. The number of hydrogen-bond acceptors (Lipinski definition) is 10. The van der Waals surface area contributed by atoms with Crippen LogP contribution in [0.4, 0.5) is 0 Å². The lowest BCUT2D eigenvalue weighted by molar-refractivity contribution is -0.0320. The molecule has 1 atom stereocenters. The Bertz CT molecular complexity index is 1380. The third kappa shape index (κ3) is 6.37. The Kier molecular flexibility index (Phi) is 9.58. The fourth-order valence-electron chi connectivity index (χ4n) is 3.53. The van der Waals surface area contributed by atoms with Crippen LogP contribution in [-0.2, 0) is 5.60 Å². The van der Waals surface area contributed by atoms with Crippen LogP contribution < -0.4 is 9.47 Å². The molecule has 12 heteroatoms. The molecule has 1 N–H and O–H groups in total. The van der Waals surface area contributed by atoms with Crippen LogP contribution in [0, 0.1) is 5.41 Å². The fourth-order valence-corrected chi connectivity index (χ4v) is 4.00. The van der Waals surface area contributed by atoms with Crippen molar-refractivity contribution in [2.24, 2.45) is 5.41 Å². The number of carbonyl (C=O) groups excluding carboxylic acids is 1. The first kappa shape index (κ1) is 29.2. The normalized spacial score (nSPS) is 12.5. The second-order valence-corrected chi connectivity index (χ2v) is 10.7. The van der Waals surface area contributed by atoms with Gasteiger partial charge in [-0.15, -0.1) is 0 Å². The van der Waals surface area contributed by atoms with Gasteiger partial charge in [-0.05, 0) is 56.1 Å². The van der Waals surface area contributed by atoms with E-state index >= 15 is 0 Å². The molecule has 0 aliphatic carbocycles. The first-order valence-electron chi connectivity index (χ1n) is 11.2. The third-order valence-electron chi connectivity index (χ3n) is 5.52. The Morgan fingerprint density at radius 3 is 1.89 bits per heavy atom. The number of ketones is 1. The van der Waals surface area contributed by atoms with E-state index in [1.54, 1.807) is 36.8 Å². The highest BCUT2D eigenvalue weighted by Crippen LogP contribution is 2.46. The van der Waals surface area contributed by atoms with Gasteiger partial charge in [-0.25, -0.2) is 19.9 Å². The minimum Gasteiger partial charge on any atom is -0.481 e. The molecule has 0 fully saturated rings. The Morgan fingerprint density at radius 1 is 0.789 bits per heavy atom. The van der Waals surface area contributed by atoms with Gasteiger partial charge < -0.3 is 14.6 Å². The van der Waals surface area contributed by atoms with Crippen molar-refractivity contribution in [2.45, 2.75) is 26.4 Å². The van der Waals surface area contributed by atoms with Crippen molar-refractivity contribution in [3.63, 3.8) is 0 Å². The fraction of sp³-hybridized carbons (Fsp3) is 0.269. The highest BCUT2D eigenvalue weighted by molar-refractivity contribution is 9.10. The van der Waals surface area contributed by atoms with Crippen LogP contribution in [0.15, 0.2) is 70.7 Å². The number of rotatable bonds is 6. The largest absolute Gasteiger partial charge is 0.481 e. The van der Waals surface area contributed by atoms with Crippen molar-refractivity contribution in [1.29, 1.82) is 0 Å². The third-order valence-corrected chi connectivity index (χ3v) is 6.45. The summed E-state index contributed by atoms with van der Waals surface area (Å²) in [6.07, 6.45) is 8.91. The molecule has 0 saturated carbocycles. The van der Waals surface area contributed by atoms with Gasteiger partial charge in [0.15, 0.2) is 0 Å². The molecule has 0 aliphatic rings. The lowest BCUT2D eigenvalue weighted by atomic mass is 9.70. The highest BCUT2D eigenvalue weighted by Gasteiger charge is 2.47.